The second kappa shape index (κ2) is 11.6. The van der Waals surface area contributed by atoms with Gasteiger partial charge in [-0.2, -0.15) is 5.26 Å². The fourth-order valence-corrected chi connectivity index (χ4v) is 5.24. The van der Waals surface area contributed by atoms with Gasteiger partial charge >= 0.3 is 0 Å². The molecule has 0 saturated carbocycles. The number of carbonyl (C=O) groups is 2. The molecule has 0 radical (unpaired) electrons. The molecule has 0 unspecified atom stereocenters. The standard InChI is InChI=1S/C30H28N4O2S/c1-19-11-10-12-20(2)28(19)34-25(35)18-37-30-24(17-31)27(22-13-6-4-7-14-22)26(21(3)32-30)29(36)33-23-15-8-5-9-16-23/h4-16,27,32H,18H2,1-3H3,(H,33,36)(H,34,35)/t27-/m0/s1. The molecule has 0 aromatic heterocycles. The molecule has 3 N–H and O–H groups in total. The summed E-state index contributed by atoms with van der Waals surface area (Å²) in [6, 6.07) is 26.9. The Bertz CT molecular complexity index is 1400. The number of hydrogen-bond acceptors (Lipinski definition) is 5. The minimum Gasteiger partial charge on any atom is -0.353 e. The first kappa shape index (κ1) is 25.8. The van der Waals surface area contributed by atoms with E-state index in [1.165, 1.54) is 11.8 Å². The second-order valence-electron chi connectivity index (χ2n) is 8.79. The lowest BCUT2D eigenvalue weighted by molar-refractivity contribution is -0.114. The van der Waals surface area contributed by atoms with E-state index in [1.54, 1.807) is 0 Å². The van der Waals surface area contributed by atoms with Crippen molar-refractivity contribution in [2.45, 2.75) is 26.7 Å². The van der Waals surface area contributed by atoms with Crippen LogP contribution in [0.5, 0.6) is 0 Å². The van der Waals surface area contributed by atoms with Crippen molar-refractivity contribution in [1.29, 1.82) is 5.26 Å². The summed E-state index contributed by atoms with van der Waals surface area (Å²) in [5.41, 5.74) is 5.79. The van der Waals surface area contributed by atoms with Gasteiger partial charge in [0.25, 0.3) is 5.91 Å². The largest absolute Gasteiger partial charge is 0.353 e. The van der Waals surface area contributed by atoms with Crippen LogP contribution in [0.4, 0.5) is 11.4 Å². The lowest BCUT2D eigenvalue weighted by Crippen LogP contribution is -2.31. The van der Waals surface area contributed by atoms with Crippen molar-refractivity contribution in [3.8, 4) is 6.07 Å². The van der Waals surface area contributed by atoms with Gasteiger partial charge < -0.3 is 16.0 Å². The molecule has 37 heavy (non-hydrogen) atoms. The highest BCUT2D eigenvalue weighted by molar-refractivity contribution is 8.03. The zero-order chi connectivity index (χ0) is 26.4. The summed E-state index contributed by atoms with van der Waals surface area (Å²) >= 11 is 1.26. The van der Waals surface area contributed by atoms with E-state index >= 15 is 0 Å². The van der Waals surface area contributed by atoms with Gasteiger partial charge in [0.15, 0.2) is 0 Å². The van der Waals surface area contributed by atoms with Gasteiger partial charge in [-0.15, -0.1) is 0 Å². The average Bonchev–Trinajstić information content (AvgIpc) is 2.90. The number of para-hydroxylation sites is 2. The predicted octanol–water partition coefficient (Wildman–Crippen LogP) is 6.01. The smallest absolute Gasteiger partial charge is 0.254 e. The first-order valence-electron chi connectivity index (χ1n) is 11.9. The monoisotopic (exact) mass is 508 g/mol. The number of amides is 2. The molecule has 3 aromatic rings. The van der Waals surface area contributed by atoms with E-state index in [2.05, 4.69) is 22.0 Å². The van der Waals surface area contributed by atoms with Crippen LogP contribution in [0.2, 0.25) is 0 Å². The van der Waals surface area contributed by atoms with Gasteiger partial charge in [-0.05, 0) is 49.6 Å². The third kappa shape index (κ3) is 5.93. The van der Waals surface area contributed by atoms with Gasteiger partial charge in [0.2, 0.25) is 5.91 Å². The molecule has 3 aromatic carbocycles. The molecule has 0 spiro atoms. The highest BCUT2D eigenvalue weighted by Gasteiger charge is 2.34. The molecule has 1 aliphatic heterocycles. The molecule has 0 fully saturated rings. The Kier molecular flexibility index (Phi) is 8.11. The first-order valence-corrected chi connectivity index (χ1v) is 12.9. The van der Waals surface area contributed by atoms with Gasteiger partial charge in [0, 0.05) is 22.6 Å². The molecular formula is C30H28N4O2S. The Morgan fingerprint density at radius 1 is 0.892 bits per heavy atom. The minimum atomic E-state index is -0.569. The lowest BCUT2D eigenvalue weighted by Gasteiger charge is -2.30. The van der Waals surface area contributed by atoms with Crippen LogP contribution in [0.1, 0.15) is 29.5 Å². The van der Waals surface area contributed by atoms with Crippen molar-refractivity contribution >= 4 is 35.0 Å². The molecule has 1 heterocycles. The SMILES string of the molecule is CC1=C(C(=O)Nc2ccccc2)[C@@H](c2ccccc2)C(C#N)=C(SCC(=O)Nc2c(C)cccc2C)N1. The second-order valence-corrected chi connectivity index (χ2v) is 9.77. The van der Waals surface area contributed by atoms with Crippen LogP contribution in [-0.4, -0.2) is 17.6 Å². The zero-order valence-corrected chi connectivity index (χ0v) is 21.8. The highest BCUT2D eigenvalue weighted by atomic mass is 32.2. The van der Waals surface area contributed by atoms with Crippen LogP contribution in [0.15, 0.2) is 101 Å². The Morgan fingerprint density at radius 3 is 2.14 bits per heavy atom. The van der Waals surface area contributed by atoms with Crippen molar-refractivity contribution < 1.29 is 9.59 Å². The summed E-state index contributed by atoms with van der Waals surface area (Å²) in [4.78, 5) is 26.3. The normalized spacial score (nSPS) is 15.0. The van der Waals surface area contributed by atoms with E-state index in [0.29, 0.717) is 27.6 Å². The minimum absolute atomic E-state index is 0.113. The van der Waals surface area contributed by atoms with Gasteiger partial charge in [-0.1, -0.05) is 78.5 Å². The topological polar surface area (TPSA) is 94.0 Å². The number of nitriles is 1. The van der Waals surface area contributed by atoms with Crippen LogP contribution in [0, 0.1) is 25.2 Å². The van der Waals surface area contributed by atoms with Gasteiger partial charge in [-0.3, -0.25) is 9.59 Å². The van der Waals surface area contributed by atoms with Gasteiger partial charge in [-0.25, -0.2) is 0 Å². The summed E-state index contributed by atoms with van der Waals surface area (Å²) < 4.78 is 0. The number of allylic oxidation sites excluding steroid dienone is 2. The molecule has 186 valence electrons. The summed E-state index contributed by atoms with van der Waals surface area (Å²) in [5, 5.41) is 20.0. The molecule has 2 amide bonds. The van der Waals surface area contributed by atoms with Crippen LogP contribution >= 0.6 is 11.8 Å². The number of aryl methyl sites for hydroxylation is 2. The number of thioether (sulfide) groups is 1. The third-order valence-corrected chi connectivity index (χ3v) is 7.17. The van der Waals surface area contributed by atoms with E-state index in [4.69, 9.17) is 0 Å². The number of carbonyl (C=O) groups excluding carboxylic acids is 2. The molecule has 0 saturated heterocycles. The molecule has 1 aliphatic rings. The average molecular weight is 509 g/mol. The number of nitrogens with zero attached hydrogens (tertiary/aromatic N) is 1. The molecule has 0 aliphatic carbocycles. The maximum atomic E-state index is 13.5. The number of hydrogen-bond donors (Lipinski definition) is 3. The maximum Gasteiger partial charge on any atom is 0.254 e. The van der Waals surface area contributed by atoms with Gasteiger partial charge in [0.05, 0.1) is 28.3 Å². The van der Waals surface area contributed by atoms with Crippen LogP contribution in [0.25, 0.3) is 0 Å². The highest BCUT2D eigenvalue weighted by Crippen LogP contribution is 2.41. The number of rotatable bonds is 7. The predicted molar refractivity (Wildman–Crippen MR) is 150 cm³/mol. The fraction of sp³-hybridized carbons (Fsp3) is 0.167. The van der Waals surface area contributed by atoms with Crippen LogP contribution < -0.4 is 16.0 Å². The Labute approximate surface area is 221 Å². The molecule has 1 atom stereocenters. The maximum absolute atomic E-state index is 13.5. The Morgan fingerprint density at radius 2 is 1.51 bits per heavy atom. The van der Waals surface area contributed by atoms with E-state index in [1.807, 2.05) is 99.6 Å². The van der Waals surface area contributed by atoms with E-state index < -0.39 is 5.92 Å². The third-order valence-electron chi connectivity index (χ3n) is 6.15. The van der Waals surface area contributed by atoms with E-state index in [9.17, 15) is 14.9 Å². The molecular weight excluding hydrogens is 480 g/mol. The summed E-state index contributed by atoms with van der Waals surface area (Å²) in [6.07, 6.45) is 0. The quantitative estimate of drug-likeness (QED) is 0.363. The first-order chi connectivity index (χ1) is 17.9. The van der Waals surface area contributed by atoms with Crippen molar-refractivity contribution in [1.82, 2.24) is 5.32 Å². The van der Waals surface area contributed by atoms with Crippen molar-refractivity contribution in [3.05, 3.63) is 117 Å². The van der Waals surface area contributed by atoms with Crippen molar-refractivity contribution in [2.24, 2.45) is 0 Å². The zero-order valence-electron chi connectivity index (χ0n) is 21.0. The number of benzene rings is 3. The van der Waals surface area contributed by atoms with Crippen molar-refractivity contribution in [2.75, 3.05) is 16.4 Å². The fourth-order valence-electron chi connectivity index (χ4n) is 4.35. The van der Waals surface area contributed by atoms with Crippen LogP contribution in [0.3, 0.4) is 0 Å². The molecule has 7 heteroatoms. The summed E-state index contributed by atoms with van der Waals surface area (Å²) in [7, 11) is 0. The Hall–Kier alpha value is -4.28. The summed E-state index contributed by atoms with van der Waals surface area (Å²) in [6.45, 7) is 5.73. The number of dihydropyridines is 1. The summed E-state index contributed by atoms with van der Waals surface area (Å²) in [5.74, 6) is -0.906. The number of anilines is 2. The van der Waals surface area contributed by atoms with E-state index in [-0.39, 0.29) is 17.6 Å². The molecule has 4 rings (SSSR count). The van der Waals surface area contributed by atoms with E-state index in [0.717, 1.165) is 22.4 Å². The van der Waals surface area contributed by atoms with Crippen LogP contribution in [-0.2, 0) is 9.59 Å². The lowest BCUT2D eigenvalue weighted by atomic mass is 9.82. The molecule has 0 bridgehead atoms. The van der Waals surface area contributed by atoms with Gasteiger partial charge in [0.1, 0.15) is 0 Å². The molecule has 6 nitrogen and oxygen atoms in total. The van der Waals surface area contributed by atoms with Crippen molar-refractivity contribution in [3.63, 3.8) is 0 Å². The number of nitrogens with one attached hydrogen (secondary N) is 3. The Balaban J connectivity index is 1.61.